The number of piperazine rings is 1. The highest BCUT2D eigenvalue weighted by atomic mass is 32.2. The van der Waals surface area contributed by atoms with E-state index in [-0.39, 0.29) is 17.2 Å². The molecule has 0 unspecified atom stereocenters. The second-order valence-electron chi connectivity index (χ2n) is 8.42. The summed E-state index contributed by atoms with van der Waals surface area (Å²) in [7, 11) is -3.48. The SMILES string of the molecule is CCS(=O)(=O)Nc1ccc2nc(N3CCN(CC(=O)N4CCCC4)CC3)cc(C(=O)O)c2c1. The summed E-state index contributed by atoms with van der Waals surface area (Å²) < 4.78 is 26.2. The predicted molar refractivity (Wildman–Crippen MR) is 126 cm³/mol. The first-order chi connectivity index (χ1) is 15.8. The molecule has 0 saturated carbocycles. The summed E-state index contributed by atoms with van der Waals surface area (Å²) in [6.45, 7) is 6.30. The van der Waals surface area contributed by atoms with E-state index in [1.807, 2.05) is 9.80 Å². The number of aromatic nitrogens is 1. The number of amides is 1. The zero-order valence-electron chi connectivity index (χ0n) is 18.7. The van der Waals surface area contributed by atoms with E-state index >= 15 is 0 Å². The van der Waals surface area contributed by atoms with E-state index in [1.165, 1.54) is 19.1 Å². The Bertz CT molecular complexity index is 1160. The van der Waals surface area contributed by atoms with Crippen molar-refractivity contribution >= 4 is 44.3 Å². The Morgan fingerprint density at radius 3 is 2.39 bits per heavy atom. The lowest BCUT2D eigenvalue weighted by Gasteiger charge is -2.35. The normalized spacial score (nSPS) is 17.5. The predicted octanol–water partition coefficient (Wildman–Crippen LogP) is 1.44. The molecule has 2 fully saturated rings. The first kappa shape index (κ1) is 23.2. The molecule has 0 bridgehead atoms. The molecule has 2 saturated heterocycles. The number of carbonyl (C=O) groups is 2. The monoisotopic (exact) mass is 475 g/mol. The number of carboxylic acids is 1. The number of benzene rings is 1. The summed E-state index contributed by atoms with van der Waals surface area (Å²) >= 11 is 0. The van der Waals surface area contributed by atoms with Crippen LogP contribution < -0.4 is 9.62 Å². The number of aromatic carboxylic acids is 1. The number of rotatable bonds is 7. The smallest absolute Gasteiger partial charge is 0.336 e. The van der Waals surface area contributed by atoms with Gasteiger partial charge in [-0.3, -0.25) is 14.4 Å². The maximum Gasteiger partial charge on any atom is 0.336 e. The van der Waals surface area contributed by atoms with Crippen LogP contribution in [0.2, 0.25) is 0 Å². The number of pyridine rings is 1. The molecule has 3 heterocycles. The van der Waals surface area contributed by atoms with Crippen LogP contribution in [0.3, 0.4) is 0 Å². The molecule has 1 aromatic heterocycles. The van der Waals surface area contributed by atoms with E-state index in [0.29, 0.717) is 55.1 Å². The number of anilines is 2. The number of nitrogens with zero attached hydrogens (tertiary/aromatic N) is 4. The van der Waals surface area contributed by atoms with Gasteiger partial charge in [-0.15, -0.1) is 0 Å². The highest BCUT2D eigenvalue weighted by Crippen LogP contribution is 2.27. The molecule has 11 heteroatoms. The van der Waals surface area contributed by atoms with Crippen molar-refractivity contribution in [3.8, 4) is 0 Å². The number of carboxylic acid groups (broad SMARTS) is 1. The topological polar surface area (TPSA) is 123 Å². The lowest BCUT2D eigenvalue weighted by atomic mass is 10.1. The van der Waals surface area contributed by atoms with Crippen LogP contribution in [0.5, 0.6) is 0 Å². The minimum atomic E-state index is -3.48. The van der Waals surface area contributed by atoms with E-state index in [0.717, 1.165) is 25.9 Å². The molecule has 2 aliphatic heterocycles. The number of carbonyl (C=O) groups excluding carboxylic acids is 1. The van der Waals surface area contributed by atoms with Crippen LogP contribution in [0.15, 0.2) is 24.3 Å². The number of hydrogen-bond donors (Lipinski definition) is 2. The van der Waals surface area contributed by atoms with Gasteiger partial charge in [0.05, 0.1) is 23.4 Å². The van der Waals surface area contributed by atoms with Gasteiger partial charge in [0, 0.05) is 50.3 Å². The van der Waals surface area contributed by atoms with Crippen molar-refractivity contribution in [2.24, 2.45) is 0 Å². The largest absolute Gasteiger partial charge is 0.478 e. The van der Waals surface area contributed by atoms with Crippen molar-refractivity contribution < 1.29 is 23.1 Å². The third kappa shape index (κ3) is 5.36. The highest BCUT2D eigenvalue weighted by Gasteiger charge is 2.25. The molecule has 0 aliphatic carbocycles. The summed E-state index contributed by atoms with van der Waals surface area (Å²) in [4.78, 5) is 35.1. The number of likely N-dealkylation sites (tertiary alicyclic amines) is 1. The Morgan fingerprint density at radius 1 is 1.06 bits per heavy atom. The van der Waals surface area contributed by atoms with Crippen LogP contribution in [0.25, 0.3) is 10.9 Å². The molecular weight excluding hydrogens is 446 g/mol. The number of nitrogens with one attached hydrogen (secondary N) is 1. The van der Waals surface area contributed by atoms with Crippen LogP contribution in [0.1, 0.15) is 30.1 Å². The second kappa shape index (κ2) is 9.52. The van der Waals surface area contributed by atoms with Crippen LogP contribution in [-0.4, -0.2) is 91.8 Å². The molecule has 1 aromatic carbocycles. The quantitative estimate of drug-likeness (QED) is 0.617. The summed E-state index contributed by atoms with van der Waals surface area (Å²) in [5, 5.41) is 10.2. The minimum Gasteiger partial charge on any atom is -0.478 e. The van der Waals surface area contributed by atoms with Crippen molar-refractivity contribution in [3.63, 3.8) is 0 Å². The van der Waals surface area contributed by atoms with Crippen LogP contribution in [0.4, 0.5) is 11.5 Å². The van der Waals surface area contributed by atoms with Gasteiger partial charge < -0.3 is 14.9 Å². The maximum atomic E-state index is 12.4. The molecule has 2 aliphatic rings. The van der Waals surface area contributed by atoms with Gasteiger partial charge in [0.15, 0.2) is 0 Å². The third-order valence-corrected chi connectivity index (χ3v) is 7.50. The standard InChI is InChI=1S/C22H29N5O5S/c1-2-33(31,32)24-16-5-6-19-17(13-16)18(22(29)30)14-20(23-19)26-11-9-25(10-12-26)15-21(28)27-7-3-4-8-27/h5-6,13-14,24H,2-4,7-12,15H2,1H3,(H,29,30). The summed E-state index contributed by atoms with van der Waals surface area (Å²) in [5.41, 5.74) is 0.854. The van der Waals surface area contributed by atoms with Gasteiger partial charge in [-0.1, -0.05) is 0 Å². The van der Waals surface area contributed by atoms with Gasteiger partial charge >= 0.3 is 5.97 Å². The Hall–Kier alpha value is -2.92. The third-order valence-electron chi connectivity index (χ3n) is 6.19. The van der Waals surface area contributed by atoms with Crippen LogP contribution in [-0.2, 0) is 14.8 Å². The lowest BCUT2D eigenvalue weighted by Crippen LogP contribution is -2.50. The second-order valence-corrected chi connectivity index (χ2v) is 10.4. The molecule has 0 spiro atoms. The average Bonchev–Trinajstić information content (AvgIpc) is 3.34. The average molecular weight is 476 g/mol. The van der Waals surface area contributed by atoms with Crippen molar-refractivity contribution in [2.45, 2.75) is 19.8 Å². The highest BCUT2D eigenvalue weighted by molar-refractivity contribution is 7.92. The fourth-order valence-corrected chi connectivity index (χ4v) is 4.89. The van der Waals surface area contributed by atoms with Crippen molar-refractivity contribution in [3.05, 3.63) is 29.8 Å². The zero-order valence-corrected chi connectivity index (χ0v) is 19.5. The number of sulfonamides is 1. The van der Waals surface area contributed by atoms with Crippen LogP contribution in [0, 0.1) is 0 Å². The molecule has 0 radical (unpaired) electrons. The summed E-state index contributed by atoms with van der Waals surface area (Å²) in [5.74, 6) is -0.447. The molecule has 4 rings (SSSR count). The fourth-order valence-electron chi connectivity index (χ4n) is 4.26. The number of hydrogen-bond acceptors (Lipinski definition) is 7. The Balaban J connectivity index is 1.50. The molecule has 178 valence electrons. The Kier molecular flexibility index (Phi) is 6.71. The van der Waals surface area contributed by atoms with E-state index in [2.05, 4.69) is 14.6 Å². The summed E-state index contributed by atoms with van der Waals surface area (Å²) in [6.07, 6.45) is 2.15. The maximum absolute atomic E-state index is 12.4. The van der Waals surface area contributed by atoms with Crippen LogP contribution >= 0.6 is 0 Å². The molecule has 1 amide bonds. The first-order valence-electron chi connectivity index (χ1n) is 11.2. The van der Waals surface area contributed by atoms with Gasteiger partial charge in [-0.2, -0.15) is 0 Å². The minimum absolute atomic E-state index is 0.0687. The van der Waals surface area contributed by atoms with Gasteiger partial charge in [-0.25, -0.2) is 18.2 Å². The molecular formula is C22H29N5O5S. The number of fused-ring (bicyclic) bond motifs is 1. The van der Waals surface area contributed by atoms with E-state index in [1.54, 1.807) is 12.1 Å². The van der Waals surface area contributed by atoms with Crippen molar-refractivity contribution in [1.82, 2.24) is 14.8 Å². The molecule has 0 atom stereocenters. The fraction of sp³-hybridized carbons (Fsp3) is 0.500. The van der Waals surface area contributed by atoms with Gasteiger partial charge in [0.2, 0.25) is 15.9 Å². The Morgan fingerprint density at radius 2 is 1.76 bits per heavy atom. The van der Waals surface area contributed by atoms with Crippen molar-refractivity contribution in [1.29, 1.82) is 0 Å². The van der Waals surface area contributed by atoms with Gasteiger partial charge in [0.25, 0.3) is 0 Å². The van der Waals surface area contributed by atoms with E-state index < -0.39 is 16.0 Å². The zero-order chi connectivity index (χ0) is 23.6. The lowest BCUT2D eigenvalue weighted by molar-refractivity contribution is -0.131. The first-order valence-corrected chi connectivity index (χ1v) is 12.8. The van der Waals surface area contributed by atoms with E-state index in [4.69, 9.17) is 0 Å². The van der Waals surface area contributed by atoms with Crippen molar-refractivity contribution in [2.75, 3.05) is 61.2 Å². The Labute approximate surface area is 193 Å². The molecule has 2 aromatic rings. The van der Waals surface area contributed by atoms with E-state index in [9.17, 15) is 23.1 Å². The molecule has 33 heavy (non-hydrogen) atoms. The molecule has 2 N–H and O–H groups in total. The van der Waals surface area contributed by atoms with Gasteiger partial charge in [-0.05, 0) is 44.0 Å². The van der Waals surface area contributed by atoms with Gasteiger partial charge in [0.1, 0.15) is 5.82 Å². The summed E-state index contributed by atoms with van der Waals surface area (Å²) in [6, 6.07) is 6.25. The molecule has 10 nitrogen and oxygen atoms in total.